The summed E-state index contributed by atoms with van der Waals surface area (Å²) in [4.78, 5) is 54.2. The van der Waals surface area contributed by atoms with E-state index in [1.165, 1.54) is 12.1 Å². The lowest BCUT2D eigenvalue weighted by Gasteiger charge is -2.35. The molecule has 0 radical (unpaired) electrons. The van der Waals surface area contributed by atoms with E-state index < -0.39 is 35.3 Å². The number of nitrogens with one attached hydrogen (secondary N) is 2. The van der Waals surface area contributed by atoms with Gasteiger partial charge in [0.25, 0.3) is 0 Å². The van der Waals surface area contributed by atoms with Gasteiger partial charge in [-0.05, 0) is 74.3 Å². The van der Waals surface area contributed by atoms with Crippen LogP contribution in [-0.4, -0.2) is 112 Å². The Balaban J connectivity index is 0.00000397. The molecule has 0 saturated carbocycles. The first-order chi connectivity index (χ1) is 33.6. The largest absolute Gasteiger partial charge is 0.482 e. The summed E-state index contributed by atoms with van der Waals surface area (Å²) < 4.78 is 33.7. The number of aromatic nitrogens is 4. The predicted octanol–water partition coefficient (Wildman–Crippen LogP) is 9.08. The van der Waals surface area contributed by atoms with Gasteiger partial charge in [-0.15, -0.1) is 11.3 Å². The molecule has 70 heavy (non-hydrogen) atoms. The van der Waals surface area contributed by atoms with Crippen molar-refractivity contribution in [1.29, 1.82) is 0 Å². The third kappa shape index (κ3) is 14.0. The summed E-state index contributed by atoms with van der Waals surface area (Å²) in [6.07, 6.45) is 7.82. The zero-order valence-corrected chi connectivity index (χ0v) is 43.4. The molecular formula is C51H66Cl2FN9O6S. The molecule has 2 aliphatic rings. The molecule has 2 fully saturated rings. The van der Waals surface area contributed by atoms with Gasteiger partial charge in [-0.25, -0.2) is 14.4 Å². The molecule has 0 bridgehead atoms. The van der Waals surface area contributed by atoms with Crippen LogP contribution in [0.3, 0.4) is 0 Å². The van der Waals surface area contributed by atoms with Gasteiger partial charge in [-0.2, -0.15) is 5.10 Å². The molecule has 7 rings (SSSR count). The van der Waals surface area contributed by atoms with E-state index in [0.717, 1.165) is 65.3 Å². The van der Waals surface area contributed by atoms with Gasteiger partial charge in [0.05, 0.1) is 53.2 Å². The number of aryl methyl sites for hydroxylation is 1. The number of nitrogens with zero attached hydrogens (tertiary/aromatic N) is 6. The average molecular weight is 1020 g/mol. The molecule has 3 atom stereocenters. The summed E-state index contributed by atoms with van der Waals surface area (Å²) in [5.74, 6) is -0.991. The summed E-state index contributed by atoms with van der Waals surface area (Å²) >= 11 is 14.1. The van der Waals surface area contributed by atoms with Gasteiger partial charge >= 0.3 is 0 Å². The minimum Gasteiger partial charge on any atom is -0.482 e. The predicted molar refractivity (Wildman–Crippen MR) is 273 cm³/mol. The maximum Gasteiger partial charge on any atom is 0.246 e. The molecule has 5 aromatic rings. The van der Waals surface area contributed by atoms with E-state index in [1.54, 1.807) is 41.6 Å². The monoisotopic (exact) mass is 1020 g/mol. The molecule has 3 amide bonds. The highest BCUT2D eigenvalue weighted by Crippen LogP contribution is 2.37. The third-order valence-corrected chi connectivity index (χ3v) is 14.1. The molecule has 3 aromatic heterocycles. The number of carbonyl (C=O) groups is 3. The fourth-order valence-corrected chi connectivity index (χ4v) is 10.0. The number of piperidine rings is 1. The van der Waals surface area contributed by atoms with Crippen molar-refractivity contribution in [3.05, 3.63) is 99.2 Å². The first kappa shape index (κ1) is 54.2. The second-order valence-electron chi connectivity index (χ2n) is 18.3. The fourth-order valence-electron chi connectivity index (χ4n) is 8.53. The maximum atomic E-state index is 14.2. The highest BCUT2D eigenvalue weighted by molar-refractivity contribution is 7.13. The number of amides is 3. The van der Waals surface area contributed by atoms with E-state index in [-0.39, 0.29) is 46.9 Å². The van der Waals surface area contributed by atoms with Crippen LogP contribution in [0.1, 0.15) is 96.2 Å². The van der Waals surface area contributed by atoms with Crippen LogP contribution in [0.2, 0.25) is 10.0 Å². The highest BCUT2D eigenvalue weighted by Gasteiger charge is 2.42. The van der Waals surface area contributed by atoms with Crippen LogP contribution in [0.4, 0.5) is 10.2 Å². The maximum absolute atomic E-state index is 14.2. The first-order valence-corrected chi connectivity index (χ1v) is 25.6. The average Bonchev–Trinajstić information content (AvgIpc) is 4.15. The SMILES string of the molecule is CC.Cc1ncsc1-c1ccc(CNC(=O)C2CCCN2C(=O)C(NC(=O)COCCOCCN2CCC(n3cc(-c4cnc(N)c(O[C@H](C)c5c(Cl)ccc(F)c5Cl)c4)cn3)CC2)C(C)(C)C)cc1. The van der Waals surface area contributed by atoms with Crippen molar-refractivity contribution in [1.82, 2.24) is 40.2 Å². The molecule has 2 aliphatic heterocycles. The van der Waals surface area contributed by atoms with Crippen LogP contribution >= 0.6 is 34.5 Å². The number of thiazole rings is 1. The minimum absolute atomic E-state index is 0.103. The minimum atomic E-state index is -0.842. The molecule has 19 heteroatoms. The summed E-state index contributed by atoms with van der Waals surface area (Å²) in [6, 6.07) is 11.2. The van der Waals surface area contributed by atoms with Gasteiger partial charge < -0.3 is 40.4 Å². The van der Waals surface area contributed by atoms with Gasteiger partial charge in [0.15, 0.2) is 11.6 Å². The molecule has 5 heterocycles. The van der Waals surface area contributed by atoms with Crippen molar-refractivity contribution < 1.29 is 33.0 Å². The van der Waals surface area contributed by atoms with Crippen LogP contribution in [0.25, 0.3) is 21.6 Å². The number of nitrogens with two attached hydrogens (primary N) is 1. The molecule has 2 saturated heterocycles. The quantitative estimate of drug-likeness (QED) is 0.0531. The van der Waals surface area contributed by atoms with Gasteiger partial charge in [0.1, 0.15) is 30.6 Å². The van der Waals surface area contributed by atoms with E-state index in [0.29, 0.717) is 50.5 Å². The number of pyridine rings is 1. The molecule has 0 aliphatic carbocycles. The van der Waals surface area contributed by atoms with Crippen molar-refractivity contribution >= 4 is 58.1 Å². The Labute approximate surface area is 424 Å². The van der Waals surface area contributed by atoms with Gasteiger partial charge in [0.2, 0.25) is 17.7 Å². The van der Waals surface area contributed by atoms with Crippen LogP contribution in [0.15, 0.2) is 66.6 Å². The van der Waals surface area contributed by atoms with Gasteiger partial charge in [-0.3, -0.25) is 19.1 Å². The van der Waals surface area contributed by atoms with Crippen LogP contribution < -0.4 is 21.1 Å². The number of halogens is 3. The number of rotatable bonds is 19. The Bertz CT molecular complexity index is 2530. The number of nitrogen functional groups attached to an aromatic ring is 1. The summed E-state index contributed by atoms with van der Waals surface area (Å²) in [6.45, 7) is 17.5. The summed E-state index contributed by atoms with van der Waals surface area (Å²) in [5.41, 5.74) is 12.3. The number of carbonyl (C=O) groups excluding carboxylic acids is 3. The van der Waals surface area contributed by atoms with Crippen LogP contribution in [0, 0.1) is 18.2 Å². The Morgan fingerprint density at radius 1 is 0.943 bits per heavy atom. The Kier molecular flexibility index (Phi) is 19.6. The van der Waals surface area contributed by atoms with Gasteiger partial charge in [-0.1, -0.05) is 82.1 Å². The number of ether oxygens (including phenoxy) is 3. The number of benzene rings is 2. The van der Waals surface area contributed by atoms with E-state index in [4.69, 9.17) is 43.1 Å². The number of anilines is 1. The zero-order chi connectivity index (χ0) is 50.5. The van der Waals surface area contributed by atoms with E-state index in [9.17, 15) is 18.8 Å². The van der Waals surface area contributed by atoms with Crippen LogP contribution in [-0.2, 0) is 30.4 Å². The smallest absolute Gasteiger partial charge is 0.246 e. The summed E-state index contributed by atoms with van der Waals surface area (Å²) in [5, 5.41) is 10.7. The van der Waals surface area contributed by atoms with E-state index in [2.05, 4.69) is 30.6 Å². The lowest BCUT2D eigenvalue weighted by Crippen LogP contribution is -2.58. The van der Waals surface area contributed by atoms with Crippen LogP contribution in [0.5, 0.6) is 5.75 Å². The normalized spacial score (nSPS) is 16.3. The Hall–Kier alpha value is -5.17. The lowest BCUT2D eigenvalue weighted by molar-refractivity contribution is -0.144. The molecule has 4 N–H and O–H groups in total. The lowest BCUT2D eigenvalue weighted by atomic mass is 9.85. The van der Waals surface area contributed by atoms with E-state index in [1.807, 2.05) is 82.2 Å². The second-order valence-corrected chi connectivity index (χ2v) is 19.9. The third-order valence-electron chi connectivity index (χ3n) is 12.4. The Morgan fingerprint density at radius 3 is 2.37 bits per heavy atom. The first-order valence-electron chi connectivity index (χ1n) is 23.9. The molecule has 2 aromatic carbocycles. The second kappa shape index (κ2) is 25.3. The van der Waals surface area contributed by atoms with Crippen molar-refractivity contribution in [3.63, 3.8) is 0 Å². The number of hydrogen-bond donors (Lipinski definition) is 3. The molecular weight excluding hydrogens is 957 g/mol. The Morgan fingerprint density at radius 2 is 1.67 bits per heavy atom. The molecule has 15 nitrogen and oxygen atoms in total. The number of hydrogen-bond acceptors (Lipinski definition) is 12. The standard InChI is InChI=1S/C49H60Cl2FN9O6S.C2H6/c1-30-44(68-29-56-30)33-10-8-32(9-11-33)24-55-47(63)39-7-6-16-60(39)48(64)45(49(3,4)5)58-41(62)28-66-22-21-65-20-19-59-17-14-36(15-18-59)61-27-35(26-57-61)34-23-40(46(53)54-25-34)67-31(2)42-37(50)12-13-38(52)43(42)51;1-2/h8-13,23,25-27,29,31,36,39,45H,6-7,14-22,24,28H2,1-5H3,(H2,53,54)(H,55,63)(H,58,62);1-2H3/t31-,39?,45?;/m1./s1. The van der Waals surface area contributed by atoms with E-state index >= 15 is 0 Å². The van der Waals surface area contributed by atoms with Crippen molar-refractivity contribution in [3.8, 4) is 27.3 Å². The van der Waals surface area contributed by atoms with Crippen molar-refractivity contribution in [2.45, 2.75) is 105 Å². The zero-order valence-electron chi connectivity index (χ0n) is 41.1. The molecule has 2 unspecified atom stereocenters. The topological polar surface area (TPSA) is 179 Å². The molecule has 378 valence electrons. The fraction of sp³-hybridized carbons (Fsp3) is 0.490. The van der Waals surface area contributed by atoms with Crippen molar-refractivity contribution in [2.75, 3.05) is 58.3 Å². The summed E-state index contributed by atoms with van der Waals surface area (Å²) in [7, 11) is 0. The highest BCUT2D eigenvalue weighted by atomic mass is 35.5. The number of likely N-dealkylation sites (tertiary alicyclic amines) is 2. The molecule has 0 spiro atoms. The van der Waals surface area contributed by atoms with Crippen molar-refractivity contribution in [2.24, 2.45) is 5.41 Å². The van der Waals surface area contributed by atoms with Gasteiger partial charge in [0, 0.05) is 66.8 Å².